The Morgan fingerprint density at radius 3 is 2.68 bits per heavy atom. The van der Waals surface area contributed by atoms with Gasteiger partial charge in [0.2, 0.25) is 0 Å². The molecule has 1 unspecified atom stereocenters. The standard InChI is InChI=1S/C13H16BrNO4/c1-3-9(7-12(16)17)15-13(18)10-5-4-8(14)6-11(10)19-2/h4-6,9H,3,7H2,1-2H3,(H,15,18)(H,16,17). The van der Waals surface area contributed by atoms with Crippen LogP contribution in [0.15, 0.2) is 22.7 Å². The molecule has 1 aromatic rings. The molecule has 0 aliphatic rings. The minimum atomic E-state index is -0.935. The van der Waals surface area contributed by atoms with Crippen molar-refractivity contribution in [2.45, 2.75) is 25.8 Å². The number of hydrogen-bond acceptors (Lipinski definition) is 3. The molecule has 1 atom stereocenters. The van der Waals surface area contributed by atoms with Gasteiger partial charge in [0.1, 0.15) is 5.75 Å². The Balaban J connectivity index is 2.85. The van der Waals surface area contributed by atoms with E-state index in [2.05, 4.69) is 21.2 Å². The van der Waals surface area contributed by atoms with Crippen LogP contribution in [0.25, 0.3) is 0 Å². The fraction of sp³-hybridized carbons (Fsp3) is 0.385. The molecule has 0 bridgehead atoms. The lowest BCUT2D eigenvalue weighted by Gasteiger charge is -2.16. The Kier molecular flexibility index (Phi) is 5.82. The summed E-state index contributed by atoms with van der Waals surface area (Å²) in [5, 5.41) is 11.4. The predicted molar refractivity (Wildman–Crippen MR) is 74.5 cm³/mol. The van der Waals surface area contributed by atoms with Gasteiger partial charge >= 0.3 is 5.97 Å². The summed E-state index contributed by atoms with van der Waals surface area (Å²) in [6.07, 6.45) is 0.456. The fourth-order valence-corrected chi connectivity index (χ4v) is 1.96. The minimum Gasteiger partial charge on any atom is -0.496 e. The quantitative estimate of drug-likeness (QED) is 0.840. The number of methoxy groups -OCH3 is 1. The second-order valence-electron chi connectivity index (χ2n) is 4.02. The van der Waals surface area contributed by atoms with E-state index < -0.39 is 12.0 Å². The first-order valence-corrected chi connectivity index (χ1v) is 6.63. The topological polar surface area (TPSA) is 75.6 Å². The lowest BCUT2D eigenvalue weighted by molar-refractivity contribution is -0.137. The number of aliphatic carboxylic acids is 1. The van der Waals surface area contributed by atoms with Gasteiger partial charge in [-0.3, -0.25) is 9.59 Å². The number of carboxylic acids is 1. The van der Waals surface area contributed by atoms with E-state index in [4.69, 9.17) is 9.84 Å². The molecular formula is C13H16BrNO4. The maximum Gasteiger partial charge on any atom is 0.305 e. The van der Waals surface area contributed by atoms with Gasteiger partial charge in [-0.25, -0.2) is 0 Å². The Hall–Kier alpha value is -1.56. The molecule has 1 aromatic carbocycles. The number of carbonyl (C=O) groups excluding carboxylic acids is 1. The first kappa shape index (κ1) is 15.5. The van der Waals surface area contributed by atoms with Crippen molar-refractivity contribution in [1.82, 2.24) is 5.32 Å². The molecule has 0 spiro atoms. The number of hydrogen-bond donors (Lipinski definition) is 2. The van der Waals surface area contributed by atoms with Gasteiger partial charge in [0.05, 0.1) is 19.1 Å². The molecule has 0 saturated heterocycles. The van der Waals surface area contributed by atoms with Crippen LogP contribution in [0.3, 0.4) is 0 Å². The van der Waals surface area contributed by atoms with E-state index in [1.807, 2.05) is 6.92 Å². The summed E-state index contributed by atoms with van der Waals surface area (Å²) in [6, 6.07) is 4.66. The molecule has 0 radical (unpaired) electrons. The Morgan fingerprint density at radius 2 is 2.16 bits per heavy atom. The lowest BCUT2D eigenvalue weighted by atomic mass is 10.1. The zero-order valence-electron chi connectivity index (χ0n) is 10.8. The molecule has 1 rings (SSSR count). The van der Waals surface area contributed by atoms with Crippen LogP contribution in [-0.2, 0) is 4.79 Å². The third-order valence-electron chi connectivity index (χ3n) is 2.66. The summed E-state index contributed by atoms with van der Waals surface area (Å²) in [7, 11) is 1.48. The van der Waals surface area contributed by atoms with Gasteiger partial charge in [-0.1, -0.05) is 22.9 Å². The third kappa shape index (κ3) is 4.55. The van der Waals surface area contributed by atoms with Gasteiger partial charge in [0, 0.05) is 10.5 Å². The van der Waals surface area contributed by atoms with E-state index >= 15 is 0 Å². The van der Waals surface area contributed by atoms with Gasteiger partial charge in [-0.15, -0.1) is 0 Å². The van der Waals surface area contributed by atoms with Crippen LogP contribution in [0.4, 0.5) is 0 Å². The number of benzene rings is 1. The summed E-state index contributed by atoms with van der Waals surface area (Å²) in [6.45, 7) is 1.83. The van der Waals surface area contributed by atoms with Gasteiger partial charge in [-0.05, 0) is 24.6 Å². The molecule has 0 saturated carbocycles. The van der Waals surface area contributed by atoms with E-state index in [0.717, 1.165) is 4.47 Å². The van der Waals surface area contributed by atoms with E-state index in [9.17, 15) is 9.59 Å². The first-order chi connectivity index (χ1) is 8.97. The molecule has 6 heteroatoms. The first-order valence-electron chi connectivity index (χ1n) is 5.84. The molecule has 0 fully saturated rings. The number of rotatable bonds is 6. The lowest BCUT2D eigenvalue weighted by Crippen LogP contribution is -2.36. The largest absolute Gasteiger partial charge is 0.496 e. The van der Waals surface area contributed by atoms with Crippen molar-refractivity contribution >= 4 is 27.8 Å². The van der Waals surface area contributed by atoms with Crippen LogP contribution in [-0.4, -0.2) is 30.1 Å². The number of halogens is 1. The molecule has 0 aliphatic carbocycles. The van der Waals surface area contributed by atoms with Crippen molar-refractivity contribution in [2.75, 3.05) is 7.11 Å². The summed E-state index contributed by atoms with van der Waals surface area (Å²) < 4.78 is 5.94. The van der Waals surface area contributed by atoms with Crippen LogP contribution < -0.4 is 10.1 Å². The third-order valence-corrected chi connectivity index (χ3v) is 3.15. The normalized spacial score (nSPS) is 11.7. The Labute approximate surface area is 120 Å². The summed E-state index contributed by atoms with van der Waals surface area (Å²) in [5.41, 5.74) is 0.384. The zero-order valence-corrected chi connectivity index (χ0v) is 12.4. The highest BCUT2D eigenvalue weighted by Gasteiger charge is 2.18. The molecule has 104 valence electrons. The average molecular weight is 330 g/mol. The maximum absolute atomic E-state index is 12.1. The zero-order chi connectivity index (χ0) is 14.4. The van der Waals surface area contributed by atoms with Crippen molar-refractivity contribution in [2.24, 2.45) is 0 Å². The summed E-state index contributed by atoms with van der Waals surface area (Å²) >= 11 is 3.29. The van der Waals surface area contributed by atoms with E-state index in [0.29, 0.717) is 17.7 Å². The maximum atomic E-state index is 12.1. The molecule has 0 aromatic heterocycles. The number of carboxylic acid groups (broad SMARTS) is 1. The van der Waals surface area contributed by atoms with Gasteiger partial charge in [0.15, 0.2) is 0 Å². The van der Waals surface area contributed by atoms with Crippen LogP contribution >= 0.6 is 15.9 Å². The summed E-state index contributed by atoms with van der Waals surface area (Å²) in [5.74, 6) is -0.829. The molecule has 0 aliphatic heterocycles. The SMILES string of the molecule is CCC(CC(=O)O)NC(=O)c1ccc(Br)cc1OC. The predicted octanol–water partition coefficient (Wildman–Crippen LogP) is 2.44. The highest BCUT2D eigenvalue weighted by molar-refractivity contribution is 9.10. The number of ether oxygens (including phenoxy) is 1. The van der Waals surface area contributed by atoms with Gasteiger partial charge in [0.25, 0.3) is 5.91 Å². The highest BCUT2D eigenvalue weighted by Crippen LogP contribution is 2.23. The van der Waals surface area contributed by atoms with Gasteiger partial charge < -0.3 is 15.2 Å². The second kappa shape index (κ2) is 7.13. The van der Waals surface area contributed by atoms with Crippen molar-refractivity contribution in [3.05, 3.63) is 28.2 Å². The molecule has 0 heterocycles. The van der Waals surface area contributed by atoms with Crippen molar-refractivity contribution in [3.8, 4) is 5.75 Å². The van der Waals surface area contributed by atoms with Crippen LogP contribution in [0.5, 0.6) is 5.75 Å². The van der Waals surface area contributed by atoms with Crippen molar-refractivity contribution < 1.29 is 19.4 Å². The molecule has 19 heavy (non-hydrogen) atoms. The second-order valence-corrected chi connectivity index (χ2v) is 4.94. The molecule has 2 N–H and O–H groups in total. The van der Waals surface area contributed by atoms with Crippen LogP contribution in [0.2, 0.25) is 0 Å². The molecule has 5 nitrogen and oxygen atoms in total. The Bertz CT molecular complexity index is 476. The van der Waals surface area contributed by atoms with Gasteiger partial charge in [-0.2, -0.15) is 0 Å². The fourth-order valence-electron chi connectivity index (χ4n) is 1.62. The molecule has 1 amide bonds. The van der Waals surface area contributed by atoms with E-state index in [-0.39, 0.29) is 12.3 Å². The average Bonchev–Trinajstić information content (AvgIpc) is 2.36. The minimum absolute atomic E-state index is 0.0961. The molecular weight excluding hydrogens is 314 g/mol. The highest BCUT2D eigenvalue weighted by atomic mass is 79.9. The van der Waals surface area contributed by atoms with Crippen molar-refractivity contribution in [3.63, 3.8) is 0 Å². The van der Waals surface area contributed by atoms with Crippen LogP contribution in [0, 0.1) is 0 Å². The summed E-state index contributed by atoms with van der Waals surface area (Å²) in [4.78, 5) is 22.8. The number of nitrogens with one attached hydrogen (secondary N) is 1. The smallest absolute Gasteiger partial charge is 0.305 e. The van der Waals surface area contributed by atoms with Crippen LogP contribution in [0.1, 0.15) is 30.1 Å². The van der Waals surface area contributed by atoms with Crippen molar-refractivity contribution in [1.29, 1.82) is 0 Å². The Morgan fingerprint density at radius 1 is 1.47 bits per heavy atom. The number of carbonyl (C=O) groups is 2. The monoisotopic (exact) mass is 329 g/mol. The van der Waals surface area contributed by atoms with E-state index in [1.165, 1.54) is 7.11 Å². The number of amides is 1. The van der Waals surface area contributed by atoms with E-state index in [1.54, 1.807) is 18.2 Å².